The summed E-state index contributed by atoms with van der Waals surface area (Å²) in [6.45, 7) is -4.32. The zero-order chi connectivity index (χ0) is 25.2. The highest BCUT2D eigenvalue weighted by Gasteiger charge is 2.27. The first-order chi connectivity index (χ1) is 16.6. The molecule has 6 nitrogen and oxygen atoms in total. The van der Waals surface area contributed by atoms with Crippen LogP contribution in [0.25, 0.3) is 27.7 Å². The second kappa shape index (κ2) is 9.61. The van der Waals surface area contributed by atoms with Gasteiger partial charge in [0.15, 0.2) is 0 Å². The smallest absolute Gasteiger partial charge is 0.405 e. The van der Waals surface area contributed by atoms with E-state index in [9.17, 15) is 26.7 Å². The minimum absolute atomic E-state index is 0.0738. The first-order valence-electron chi connectivity index (χ1n) is 10.2. The molecule has 0 spiro atoms. The second-order valence-electron chi connectivity index (χ2n) is 7.38. The van der Waals surface area contributed by atoms with E-state index in [2.05, 4.69) is 15.0 Å². The van der Waals surface area contributed by atoms with E-state index in [1.807, 2.05) is 0 Å². The fraction of sp³-hybridized carbons (Fsp3) is 0.167. The van der Waals surface area contributed by atoms with Crippen molar-refractivity contribution in [1.82, 2.24) is 9.55 Å². The molecular weight excluding hydrogens is 473 g/mol. The van der Waals surface area contributed by atoms with E-state index in [4.69, 9.17) is 4.74 Å². The zero-order valence-corrected chi connectivity index (χ0v) is 18.1. The maximum absolute atomic E-state index is 13.6. The van der Waals surface area contributed by atoms with Crippen LogP contribution in [-0.4, -0.2) is 36.0 Å². The van der Waals surface area contributed by atoms with Crippen molar-refractivity contribution < 1.29 is 31.4 Å². The fourth-order valence-corrected chi connectivity index (χ4v) is 3.48. The van der Waals surface area contributed by atoms with E-state index in [-0.39, 0.29) is 22.6 Å². The highest BCUT2D eigenvalue weighted by molar-refractivity contribution is 5.94. The molecule has 0 unspecified atom stereocenters. The molecule has 0 aliphatic heterocycles. The van der Waals surface area contributed by atoms with E-state index in [1.54, 1.807) is 24.3 Å². The summed E-state index contributed by atoms with van der Waals surface area (Å²) in [4.78, 5) is 17.8. The summed E-state index contributed by atoms with van der Waals surface area (Å²) in [7, 11) is 1.51. The molecule has 0 aliphatic carbocycles. The first-order valence-corrected chi connectivity index (χ1v) is 10.2. The summed E-state index contributed by atoms with van der Waals surface area (Å²) < 4.78 is 73.9. The van der Waals surface area contributed by atoms with Crippen molar-refractivity contribution in [2.24, 2.45) is 0 Å². The number of benzene rings is 2. The number of anilines is 1. The highest BCUT2D eigenvalue weighted by atomic mass is 19.4. The summed E-state index contributed by atoms with van der Waals surface area (Å²) >= 11 is 0. The van der Waals surface area contributed by atoms with E-state index in [0.717, 1.165) is 0 Å². The molecule has 0 radical (unpaired) electrons. The molecule has 35 heavy (non-hydrogen) atoms. The van der Waals surface area contributed by atoms with Gasteiger partial charge in [-0.15, -0.1) is 0 Å². The number of alkyl halides is 5. The molecule has 2 aromatic heterocycles. The minimum Gasteiger partial charge on any atom is -0.497 e. The van der Waals surface area contributed by atoms with Crippen molar-refractivity contribution >= 4 is 16.7 Å². The molecule has 2 aromatic carbocycles. The van der Waals surface area contributed by atoms with Gasteiger partial charge < -0.3 is 14.8 Å². The quantitative estimate of drug-likeness (QED) is 0.339. The number of ether oxygens (including phenoxy) is 2. The lowest BCUT2D eigenvalue weighted by Gasteiger charge is -2.15. The van der Waals surface area contributed by atoms with Crippen molar-refractivity contribution in [3.63, 3.8) is 0 Å². The van der Waals surface area contributed by atoms with Crippen molar-refractivity contribution in [3.8, 4) is 28.3 Å². The molecule has 0 saturated heterocycles. The topological polar surface area (TPSA) is 65.4 Å². The highest BCUT2D eigenvalue weighted by Crippen LogP contribution is 2.29. The molecular formula is C24H18F5N3O3. The van der Waals surface area contributed by atoms with Crippen LogP contribution in [0, 0.1) is 0 Å². The third-order valence-corrected chi connectivity index (χ3v) is 5.05. The molecule has 182 valence electrons. The molecule has 0 aliphatic rings. The Morgan fingerprint density at radius 2 is 1.63 bits per heavy atom. The predicted molar refractivity (Wildman–Crippen MR) is 121 cm³/mol. The minimum atomic E-state index is -4.46. The van der Waals surface area contributed by atoms with Gasteiger partial charge >= 0.3 is 12.8 Å². The molecule has 0 amide bonds. The van der Waals surface area contributed by atoms with Crippen LogP contribution in [0.2, 0.25) is 0 Å². The molecule has 2 heterocycles. The summed E-state index contributed by atoms with van der Waals surface area (Å²) in [6.07, 6.45) is -2.93. The van der Waals surface area contributed by atoms with E-state index in [1.165, 1.54) is 54.3 Å². The monoisotopic (exact) mass is 491 g/mol. The van der Waals surface area contributed by atoms with E-state index in [0.29, 0.717) is 22.4 Å². The number of rotatable bonds is 7. The number of hydrogen-bond acceptors (Lipinski definition) is 5. The normalized spacial score (nSPS) is 11.6. The van der Waals surface area contributed by atoms with Crippen molar-refractivity contribution in [2.75, 3.05) is 19.0 Å². The van der Waals surface area contributed by atoms with Crippen molar-refractivity contribution in [3.05, 3.63) is 77.2 Å². The third kappa shape index (κ3) is 5.51. The van der Waals surface area contributed by atoms with Crippen LogP contribution in [0.15, 0.2) is 71.7 Å². The Bertz CT molecular complexity index is 1390. The Kier molecular flexibility index (Phi) is 6.59. The molecule has 0 atom stereocenters. The van der Waals surface area contributed by atoms with Gasteiger partial charge in [-0.3, -0.25) is 9.36 Å². The van der Waals surface area contributed by atoms with Crippen LogP contribution >= 0.6 is 0 Å². The largest absolute Gasteiger partial charge is 0.497 e. The van der Waals surface area contributed by atoms with Crippen LogP contribution in [-0.2, 0) is 0 Å². The summed E-state index contributed by atoms with van der Waals surface area (Å²) in [5, 5.41) is 2.68. The van der Waals surface area contributed by atoms with Gasteiger partial charge in [0.2, 0.25) is 0 Å². The molecule has 11 heteroatoms. The zero-order valence-electron chi connectivity index (χ0n) is 18.1. The summed E-state index contributed by atoms with van der Waals surface area (Å²) in [5.74, 6) is 0.398. The number of halogens is 5. The molecule has 0 bridgehead atoms. The Hall–Kier alpha value is -4.15. The Morgan fingerprint density at radius 1 is 0.971 bits per heavy atom. The fourth-order valence-electron chi connectivity index (χ4n) is 3.48. The van der Waals surface area contributed by atoms with Gasteiger partial charge in [-0.1, -0.05) is 12.1 Å². The number of pyridine rings is 2. The van der Waals surface area contributed by atoms with Gasteiger partial charge in [-0.25, -0.2) is 4.98 Å². The Balaban J connectivity index is 1.89. The molecule has 1 N–H and O–H groups in total. The maximum Gasteiger partial charge on any atom is 0.405 e. The van der Waals surface area contributed by atoms with Gasteiger partial charge in [0.1, 0.15) is 23.9 Å². The summed E-state index contributed by atoms with van der Waals surface area (Å²) in [6, 6.07) is 14.9. The van der Waals surface area contributed by atoms with E-state index < -0.39 is 24.9 Å². The first kappa shape index (κ1) is 24.0. The predicted octanol–water partition coefficient (Wildman–Crippen LogP) is 5.64. The van der Waals surface area contributed by atoms with Crippen LogP contribution in [0.3, 0.4) is 0 Å². The van der Waals surface area contributed by atoms with Gasteiger partial charge in [-0.05, 0) is 54.1 Å². The number of nitrogens with one attached hydrogen (secondary N) is 1. The lowest BCUT2D eigenvalue weighted by molar-refractivity contribution is -0.115. The number of methoxy groups -OCH3 is 1. The van der Waals surface area contributed by atoms with Gasteiger partial charge in [0, 0.05) is 17.3 Å². The average molecular weight is 491 g/mol. The number of aromatic nitrogens is 2. The average Bonchev–Trinajstić information content (AvgIpc) is 2.82. The van der Waals surface area contributed by atoms with E-state index >= 15 is 0 Å². The molecule has 4 rings (SSSR count). The second-order valence-corrected chi connectivity index (χ2v) is 7.38. The summed E-state index contributed by atoms with van der Waals surface area (Å²) in [5.41, 5.74) is 0.554. The molecule has 4 aromatic rings. The van der Waals surface area contributed by atoms with Crippen molar-refractivity contribution in [2.45, 2.75) is 12.8 Å². The van der Waals surface area contributed by atoms with Gasteiger partial charge in [-0.2, -0.15) is 22.0 Å². The van der Waals surface area contributed by atoms with Crippen LogP contribution in [0.4, 0.5) is 27.8 Å². The third-order valence-electron chi connectivity index (χ3n) is 5.05. The van der Waals surface area contributed by atoms with Gasteiger partial charge in [0.05, 0.1) is 18.2 Å². The standard InChI is InChI=1S/C24H18F5N3O3/c1-34-17-9-5-16(6-10-17)32-12-15-4-11-19(30-13-24(27,28)29)31-21(15)20(22(32)33)14-2-7-18(8-3-14)35-23(25)26/h2-12,23H,13H2,1H3,(H,30,31). The van der Waals surface area contributed by atoms with Crippen molar-refractivity contribution in [1.29, 1.82) is 0 Å². The number of hydrogen-bond donors (Lipinski definition) is 1. The number of nitrogens with zero attached hydrogens (tertiary/aromatic N) is 2. The van der Waals surface area contributed by atoms with Crippen LogP contribution in [0.1, 0.15) is 0 Å². The SMILES string of the molecule is COc1ccc(-n2cc3ccc(NCC(F)(F)F)nc3c(-c3ccc(OC(F)F)cc3)c2=O)cc1. The lowest BCUT2D eigenvalue weighted by Crippen LogP contribution is -2.22. The maximum atomic E-state index is 13.6. The van der Waals surface area contributed by atoms with Crippen LogP contribution < -0.4 is 20.3 Å². The lowest BCUT2D eigenvalue weighted by atomic mass is 10.0. The van der Waals surface area contributed by atoms with Crippen LogP contribution in [0.5, 0.6) is 11.5 Å². The number of fused-ring (bicyclic) bond motifs is 1. The molecule has 0 saturated carbocycles. The Labute approximate surface area is 195 Å². The van der Waals surface area contributed by atoms with Gasteiger partial charge in [0.25, 0.3) is 5.56 Å². The Morgan fingerprint density at radius 3 is 2.23 bits per heavy atom. The molecule has 0 fully saturated rings.